The Morgan fingerprint density at radius 3 is 2.23 bits per heavy atom. The van der Waals surface area contributed by atoms with Gasteiger partial charge < -0.3 is 49.1 Å². The van der Waals surface area contributed by atoms with E-state index in [1.807, 2.05) is 5.32 Å². The van der Waals surface area contributed by atoms with Crippen LogP contribution in [0.25, 0.3) is 0 Å². The maximum atomic E-state index is 15.3. The van der Waals surface area contributed by atoms with Crippen LogP contribution in [0.4, 0.5) is 13.6 Å². The van der Waals surface area contributed by atoms with E-state index in [4.69, 9.17) is 40.0 Å². The standard InChI is InChI=1S/C41H50ClF2NO15/c1-18-24(57-35(52)29(49)23(14-27(43)44)45-36(53)60-37(4,5)6)16-41(54)33(58-34(51)21-11-10-12-22(42)13-21)31-39(9,25(48)15-26-40(31,17-55-26)59-20(3)47)32(50)30(56-19(2)46)28(18)38(41,7)8/h10-14,23-26,29-31,33,48-49,54H,15-17H2,1-9H3,(H,45,53)/t23-,24-,25-,26+,29+,30+,31-,33-,39+,40-,41+/m0/s1. The largest absolute Gasteiger partial charge is 0.456 e. The Morgan fingerprint density at radius 1 is 1.05 bits per heavy atom. The van der Waals surface area contributed by atoms with E-state index >= 15 is 4.79 Å². The molecule has 1 aliphatic heterocycles. The molecule has 60 heavy (non-hydrogen) atoms. The van der Waals surface area contributed by atoms with E-state index in [-0.39, 0.29) is 34.2 Å². The van der Waals surface area contributed by atoms with Gasteiger partial charge in [-0.05, 0) is 64.0 Å². The highest BCUT2D eigenvalue weighted by Gasteiger charge is 2.78. The van der Waals surface area contributed by atoms with Crippen LogP contribution in [0.5, 0.6) is 0 Å². The van der Waals surface area contributed by atoms with Crippen LogP contribution in [0, 0.1) is 16.7 Å². The van der Waals surface area contributed by atoms with Gasteiger partial charge in [-0.2, -0.15) is 8.78 Å². The van der Waals surface area contributed by atoms with Crippen molar-refractivity contribution in [2.24, 2.45) is 16.7 Å². The van der Waals surface area contributed by atoms with E-state index in [1.165, 1.54) is 72.7 Å². The number of halogens is 3. The molecule has 1 heterocycles. The number of ketones is 1. The van der Waals surface area contributed by atoms with Crippen LogP contribution in [0.2, 0.25) is 5.02 Å². The normalized spacial score (nSPS) is 32.8. The molecule has 330 valence electrons. The summed E-state index contributed by atoms with van der Waals surface area (Å²) in [6.07, 6.45) is -15.4. The van der Waals surface area contributed by atoms with Crippen LogP contribution in [0.3, 0.4) is 0 Å². The molecule has 1 aromatic rings. The van der Waals surface area contributed by atoms with E-state index in [9.17, 15) is 48.1 Å². The third-order valence-electron chi connectivity index (χ3n) is 12.1. The monoisotopic (exact) mass is 869 g/mol. The van der Waals surface area contributed by atoms with Crippen molar-refractivity contribution in [2.45, 2.75) is 135 Å². The Morgan fingerprint density at radius 2 is 1.70 bits per heavy atom. The molecule has 19 heteroatoms. The van der Waals surface area contributed by atoms with Gasteiger partial charge in [0.05, 0.1) is 35.6 Å². The van der Waals surface area contributed by atoms with Crippen LogP contribution in [-0.2, 0) is 47.6 Å². The first-order valence-electron chi connectivity index (χ1n) is 19.1. The van der Waals surface area contributed by atoms with Crippen LogP contribution >= 0.6 is 11.6 Å². The Bertz CT molecular complexity index is 2010. The molecule has 1 saturated heterocycles. The Hall–Kier alpha value is -4.49. The maximum absolute atomic E-state index is 15.3. The van der Waals surface area contributed by atoms with E-state index in [2.05, 4.69) is 0 Å². The topological polar surface area (TPSA) is 231 Å². The lowest BCUT2D eigenvalue weighted by Crippen LogP contribution is -2.82. The summed E-state index contributed by atoms with van der Waals surface area (Å²) in [5.74, 6) is -7.14. The van der Waals surface area contributed by atoms with E-state index in [1.54, 1.807) is 0 Å². The molecule has 3 fully saturated rings. The molecule has 1 amide bonds. The first-order valence-corrected chi connectivity index (χ1v) is 19.5. The number of fused-ring (bicyclic) bond motifs is 5. The molecule has 4 N–H and O–H groups in total. The van der Waals surface area contributed by atoms with Gasteiger partial charge in [-0.3, -0.25) is 14.4 Å². The number of aliphatic hydroxyl groups excluding tert-OH is 2. The zero-order valence-electron chi connectivity index (χ0n) is 34.5. The van der Waals surface area contributed by atoms with Gasteiger partial charge in [-0.15, -0.1) is 0 Å². The number of Topliss-reactive ketones (excluding diaryl/α,β-unsaturated/α-hetero) is 1. The summed E-state index contributed by atoms with van der Waals surface area (Å²) >= 11 is 6.21. The number of rotatable bonds is 9. The number of carbonyl (C=O) groups excluding carboxylic acids is 6. The quantitative estimate of drug-likeness (QED) is 0.157. The fourth-order valence-corrected chi connectivity index (χ4v) is 9.40. The molecular formula is C41H50ClF2NO15. The smallest absolute Gasteiger partial charge is 0.408 e. The van der Waals surface area contributed by atoms with Crippen LogP contribution in [-0.4, -0.2) is 117 Å². The highest BCUT2D eigenvalue weighted by atomic mass is 35.5. The summed E-state index contributed by atoms with van der Waals surface area (Å²) in [6, 6.07) is 3.46. The first-order chi connectivity index (χ1) is 27.6. The van der Waals surface area contributed by atoms with Crippen molar-refractivity contribution in [2.75, 3.05) is 6.61 Å². The molecule has 0 spiro atoms. The highest BCUT2D eigenvalue weighted by Crippen LogP contribution is 2.64. The molecule has 0 radical (unpaired) electrons. The summed E-state index contributed by atoms with van der Waals surface area (Å²) in [5, 5.41) is 38.7. The third kappa shape index (κ3) is 8.28. The second-order valence-electron chi connectivity index (χ2n) is 17.4. The average molecular weight is 870 g/mol. The number of esters is 4. The van der Waals surface area contributed by atoms with Gasteiger partial charge in [0, 0.05) is 43.2 Å². The predicted octanol–water partition coefficient (Wildman–Crippen LogP) is 3.89. The zero-order chi connectivity index (χ0) is 45.1. The summed E-state index contributed by atoms with van der Waals surface area (Å²) < 4.78 is 61.8. The van der Waals surface area contributed by atoms with Crippen LogP contribution in [0.1, 0.15) is 85.5 Å². The number of carbonyl (C=O) groups is 6. The molecule has 11 atom stereocenters. The Balaban J connectivity index is 1.74. The van der Waals surface area contributed by atoms with Crippen molar-refractivity contribution in [1.82, 2.24) is 5.32 Å². The van der Waals surface area contributed by atoms with Crippen molar-refractivity contribution in [3.63, 3.8) is 0 Å². The minimum atomic E-state index is -2.54. The van der Waals surface area contributed by atoms with Crippen molar-refractivity contribution < 1.29 is 81.3 Å². The number of aliphatic hydroxyl groups is 3. The molecule has 5 rings (SSSR count). The predicted molar refractivity (Wildman–Crippen MR) is 203 cm³/mol. The molecule has 2 bridgehead atoms. The molecule has 4 aliphatic rings. The number of benzene rings is 1. The van der Waals surface area contributed by atoms with E-state index in [0.717, 1.165) is 13.8 Å². The van der Waals surface area contributed by atoms with Gasteiger partial charge >= 0.3 is 30.0 Å². The molecule has 3 aliphatic carbocycles. The number of nitrogens with one attached hydrogen (secondary N) is 1. The highest BCUT2D eigenvalue weighted by molar-refractivity contribution is 6.30. The zero-order valence-corrected chi connectivity index (χ0v) is 35.3. The minimum absolute atomic E-state index is 0.000473. The van der Waals surface area contributed by atoms with Gasteiger partial charge in [-0.1, -0.05) is 31.5 Å². The molecule has 16 nitrogen and oxygen atoms in total. The fraction of sp³-hybridized carbons (Fsp3) is 0.610. The van der Waals surface area contributed by atoms with Crippen molar-refractivity contribution in [1.29, 1.82) is 0 Å². The summed E-state index contributed by atoms with van der Waals surface area (Å²) in [6.45, 7) is 11.8. The van der Waals surface area contributed by atoms with Crippen molar-refractivity contribution in [3.8, 4) is 0 Å². The second-order valence-corrected chi connectivity index (χ2v) is 17.8. The summed E-state index contributed by atoms with van der Waals surface area (Å²) in [4.78, 5) is 81.7. The van der Waals surface area contributed by atoms with Gasteiger partial charge in [0.2, 0.25) is 0 Å². The number of hydrogen-bond donors (Lipinski definition) is 4. The van der Waals surface area contributed by atoms with Gasteiger partial charge in [0.25, 0.3) is 6.08 Å². The lowest BCUT2D eigenvalue weighted by molar-refractivity contribution is -0.346. The van der Waals surface area contributed by atoms with Crippen LogP contribution in [0.15, 0.2) is 47.6 Å². The summed E-state index contributed by atoms with van der Waals surface area (Å²) in [7, 11) is 0. The second kappa shape index (κ2) is 16.4. The molecule has 0 aromatic heterocycles. The van der Waals surface area contributed by atoms with Crippen LogP contribution < -0.4 is 5.32 Å². The van der Waals surface area contributed by atoms with E-state index < -0.39 is 131 Å². The fourth-order valence-electron chi connectivity index (χ4n) is 9.21. The first kappa shape index (κ1) is 46.6. The molecule has 0 unspecified atom stereocenters. The Kier molecular flexibility index (Phi) is 12.7. The lowest BCUT2D eigenvalue weighted by atomic mass is 9.44. The maximum Gasteiger partial charge on any atom is 0.408 e. The Labute approximate surface area is 349 Å². The number of ether oxygens (including phenoxy) is 6. The number of alkyl carbamates (subject to hydrolysis) is 1. The minimum Gasteiger partial charge on any atom is -0.456 e. The van der Waals surface area contributed by atoms with Crippen molar-refractivity contribution >= 4 is 47.4 Å². The average Bonchev–Trinajstić information content (AvgIpc) is 3.10. The molecule has 1 aromatic carbocycles. The number of hydrogen-bond acceptors (Lipinski definition) is 15. The molecule has 2 saturated carbocycles. The van der Waals surface area contributed by atoms with Gasteiger partial charge in [0.1, 0.15) is 29.5 Å². The lowest BCUT2D eigenvalue weighted by Gasteiger charge is -2.67. The third-order valence-corrected chi connectivity index (χ3v) is 12.3. The SMILES string of the molecule is CC(=O)O[C@H]1C(=O)[C@@]2(C)[C@H]([C@H](OC(=O)c3cccc(Cl)c3)[C@]3(O)C[C@H](OC(=O)[C@H](O)[C@H](C=C(F)F)NC(=O)OC(C)(C)C)C(C)=C1C3(C)C)[C@]1(OC(C)=O)CO[C@@H]1C[C@@H]2O. The van der Waals surface area contributed by atoms with Crippen molar-refractivity contribution in [3.05, 3.63) is 58.2 Å². The molecular weight excluding hydrogens is 820 g/mol. The van der Waals surface area contributed by atoms with E-state index in [0.29, 0.717) is 0 Å². The van der Waals surface area contributed by atoms with Gasteiger partial charge in [-0.25, -0.2) is 14.4 Å². The summed E-state index contributed by atoms with van der Waals surface area (Å²) in [5.41, 5.74) is -9.70. The number of amides is 1. The van der Waals surface area contributed by atoms with Gasteiger partial charge in [0.15, 0.2) is 23.6 Å².